The first-order valence-corrected chi connectivity index (χ1v) is 15.2. The van der Waals surface area contributed by atoms with Crippen LogP contribution in [0.15, 0.2) is 42.7 Å². The molecule has 2 aromatic rings. The third-order valence-electron chi connectivity index (χ3n) is 6.99. The fourth-order valence-electron chi connectivity index (χ4n) is 4.72. The highest BCUT2D eigenvalue weighted by molar-refractivity contribution is 6.31. The Bertz CT molecular complexity index is 1270. The lowest BCUT2D eigenvalue weighted by Gasteiger charge is -2.31. The molecule has 1 saturated carbocycles. The summed E-state index contributed by atoms with van der Waals surface area (Å²) in [7, 11) is 0. The Hall–Kier alpha value is -3.83. The molecule has 18 heteroatoms. The molecule has 2 heterocycles. The highest BCUT2D eigenvalue weighted by Gasteiger charge is 2.39. The van der Waals surface area contributed by atoms with E-state index in [1.807, 2.05) is 18.2 Å². The largest absolute Gasteiger partial charge is 0.492 e. The maximum absolute atomic E-state index is 13.6. The topological polar surface area (TPSA) is 142 Å². The van der Waals surface area contributed by atoms with Crippen molar-refractivity contribution < 1.29 is 60.4 Å². The van der Waals surface area contributed by atoms with Crippen molar-refractivity contribution in [2.45, 2.75) is 50.5 Å². The number of halogens is 7. The van der Waals surface area contributed by atoms with E-state index in [0.717, 1.165) is 64.3 Å². The summed E-state index contributed by atoms with van der Waals surface area (Å²) >= 11 is 6.38. The number of nitrogens with zero attached hydrogens (tertiary/aromatic N) is 3. The van der Waals surface area contributed by atoms with Crippen molar-refractivity contribution in [3.63, 3.8) is 0 Å². The predicted octanol–water partition coefficient (Wildman–Crippen LogP) is 5.60. The molecule has 1 aliphatic heterocycles. The number of amides is 1. The average Bonchev–Trinajstić information content (AvgIpc) is 3.56. The number of morpholine rings is 1. The number of nitrogens with one attached hydrogen (secondary N) is 1. The van der Waals surface area contributed by atoms with Crippen LogP contribution >= 0.6 is 11.6 Å². The smallest absolute Gasteiger partial charge is 0.490 e. The second-order valence-electron chi connectivity index (χ2n) is 10.5. The van der Waals surface area contributed by atoms with Gasteiger partial charge in [0.1, 0.15) is 12.4 Å². The first-order chi connectivity index (χ1) is 22.6. The Morgan fingerprint density at radius 1 is 0.979 bits per heavy atom. The molecular weight excluding hydrogens is 678 g/mol. The molecular formula is C30H37ClF6N4O7. The van der Waals surface area contributed by atoms with Gasteiger partial charge in [-0.3, -0.25) is 14.7 Å². The minimum atomic E-state index is -5.08. The maximum Gasteiger partial charge on any atom is 0.490 e. The predicted molar refractivity (Wildman–Crippen MR) is 162 cm³/mol. The number of alkyl halides is 6. The van der Waals surface area contributed by atoms with Crippen molar-refractivity contribution >= 4 is 35.1 Å². The van der Waals surface area contributed by atoms with Gasteiger partial charge in [0.25, 0.3) is 5.91 Å². The van der Waals surface area contributed by atoms with Gasteiger partial charge in [-0.15, -0.1) is 0 Å². The summed E-state index contributed by atoms with van der Waals surface area (Å²) in [6.07, 6.45) is -1.18. The first-order valence-electron chi connectivity index (χ1n) is 14.9. The van der Waals surface area contributed by atoms with E-state index in [9.17, 15) is 31.1 Å². The molecule has 1 amide bonds. The van der Waals surface area contributed by atoms with E-state index in [0.29, 0.717) is 35.5 Å². The normalized spacial score (nSPS) is 15.3. The lowest BCUT2D eigenvalue weighted by Crippen LogP contribution is -2.42. The molecule has 0 atom stereocenters. The number of carbonyl (C=O) groups excluding carboxylic acids is 1. The molecule has 1 aromatic heterocycles. The summed E-state index contributed by atoms with van der Waals surface area (Å²) in [6, 6.07) is 9.48. The van der Waals surface area contributed by atoms with Crippen molar-refractivity contribution in [2.75, 3.05) is 57.9 Å². The maximum atomic E-state index is 13.6. The summed E-state index contributed by atoms with van der Waals surface area (Å²) in [6.45, 7) is 6.40. The fraction of sp³-hybridized carbons (Fsp3) is 0.533. The number of pyridine rings is 1. The second kappa shape index (κ2) is 19.9. The Kier molecular flexibility index (Phi) is 16.7. The van der Waals surface area contributed by atoms with Crippen LogP contribution in [0.1, 0.15) is 42.5 Å². The zero-order valence-corrected chi connectivity index (χ0v) is 26.5. The number of hydrogen-bond donors (Lipinski definition) is 3. The quantitative estimate of drug-likeness (QED) is 0.199. The molecule has 48 heavy (non-hydrogen) atoms. The molecule has 2 fully saturated rings. The van der Waals surface area contributed by atoms with Crippen LogP contribution < -0.4 is 10.1 Å². The molecule has 1 saturated heterocycles. The van der Waals surface area contributed by atoms with E-state index < -0.39 is 24.3 Å². The highest BCUT2D eigenvalue weighted by atomic mass is 35.5. The van der Waals surface area contributed by atoms with Gasteiger partial charge >= 0.3 is 24.3 Å². The number of anilines is 1. The van der Waals surface area contributed by atoms with E-state index in [1.54, 1.807) is 24.5 Å². The van der Waals surface area contributed by atoms with Gasteiger partial charge in [0, 0.05) is 67.4 Å². The first kappa shape index (κ1) is 40.3. The monoisotopic (exact) mass is 714 g/mol. The van der Waals surface area contributed by atoms with Crippen LogP contribution in [-0.2, 0) is 14.3 Å². The Labute approximate surface area is 277 Å². The van der Waals surface area contributed by atoms with Gasteiger partial charge in [0.15, 0.2) is 0 Å². The molecule has 4 rings (SSSR count). The van der Waals surface area contributed by atoms with Crippen molar-refractivity contribution in [1.29, 1.82) is 0 Å². The van der Waals surface area contributed by atoms with E-state index >= 15 is 0 Å². The zero-order valence-electron chi connectivity index (χ0n) is 25.7. The van der Waals surface area contributed by atoms with Gasteiger partial charge in [0.2, 0.25) is 0 Å². The molecule has 0 bridgehead atoms. The molecule has 268 valence electrons. The summed E-state index contributed by atoms with van der Waals surface area (Å²) < 4.78 is 74.8. The number of aliphatic carboxylic acids is 2. The number of carboxylic acids is 2. The van der Waals surface area contributed by atoms with Crippen LogP contribution in [-0.4, -0.2) is 114 Å². The summed E-state index contributed by atoms with van der Waals surface area (Å²) in [4.78, 5) is 39.9. The van der Waals surface area contributed by atoms with Gasteiger partial charge in [-0.1, -0.05) is 24.4 Å². The third-order valence-corrected chi connectivity index (χ3v) is 7.21. The number of benzene rings is 1. The fourth-order valence-corrected chi connectivity index (χ4v) is 4.95. The van der Waals surface area contributed by atoms with Gasteiger partial charge in [0.05, 0.1) is 13.2 Å². The Morgan fingerprint density at radius 2 is 1.54 bits per heavy atom. The van der Waals surface area contributed by atoms with Crippen LogP contribution in [0.2, 0.25) is 5.02 Å². The summed E-state index contributed by atoms with van der Waals surface area (Å²) in [5.74, 6) is -4.84. The molecule has 0 unspecified atom stereocenters. The molecule has 2 aliphatic rings. The SMILES string of the molecule is O=C(O)C(F)(F)F.O=C(O)C(F)(F)F.O=C(c1cc(Cl)cc(OCCNc2ccncc2)c1)N(CCCN1CCOCC1)C1CCCC1. The average molecular weight is 715 g/mol. The highest BCUT2D eigenvalue weighted by Crippen LogP contribution is 2.28. The number of ether oxygens (including phenoxy) is 2. The molecule has 1 aliphatic carbocycles. The second-order valence-corrected chi connectivity index (χ2v) is 11.0. The number of aromatic nitrogens is 1. The van der Waals surface area contributed by atoms with E-state index in [2.05, 4.69) is 20.1 Å². The number of carbonyl (C=O) groups is 3. The van der Waals surface area contributed by atoms with Crippen LogP contribution in [0.5, 0.6) is 5.75 Å². The van der Waals surface area contributed by atoms with Gasteiger partial charge in [-0.2, -0.15) is 26.3 Å². The van der Waals surface area contributed by atoms with Crippen molar-refractivity contribution in [1.82, 2.24) is 14.8 Å². The van der Waals surface area contributed by atoms with Crippen LogP contribution in [0, 0.1) is 0 Å². The number of carboxylic acid groups (broad SMARTS) is 2. The molecule has 0 radical (unpaired) electrons. The molecule has 1 aromatic carbocycles. The molecule has 3 N–H and O–H groups in total. The van der Waals surface area contributed by atoms with Crippen molar-refractivity contribution in [3.8, 4) is 5.75 Å². The van der Waals surface area contributed by atoms with Crippen molar-refractivity contribution in [2.24, 2.45) is 0 Å². The molecule has 11 nitrogen and oxygen atoms in total. The standard InChI is InChI=1S/C26H35ClN4O3.2C2HF3O2/c27-22-18-21(19-25(20-22)34-15-10-29-23-6-8-28-9-7-23)26(32)31(24-4-1-2-5-24)12-3-11-30-13-16-33-17-14-30;2*3-2(4,5)1(6)7/h6-9,18-20,24H,1-5,10-17H2,(H,28,29);2*(H,6,7). The lowest BCUT2D eigenvalue weighted by molar-refractivity contribution is -0.193. The van der Waals surface area contributed by atoms with E-state index in [-0.39, 0.29) is 5.91 Å². The van der Waals surface area contributed by atoms with Gasteiger partial charge in [-0.25, -0.2) is 9.59 Å². The van der Waals surface area contributed by atoms with Gasteiger partial charge in [-0.05, 0) is 49.6 Å². The summed E-state index contributed by atoms with van der Waals surface area (Å²) in [5.41, 5.74) is 1.59. The van der Waals surface area contributed by atoms with E-state index in [4.69, 9.17) is 40.9 Å². The number of rotatable bonds is 11. The minimum Gasteiger partial charge on any atom is -0.492 e. The van der Waals surface area contributed by atoms with E-state index in [1.165, 1.54) is 12.8 Å². The zero-order chi connectivity index (χ0) is 35.7. The van der Waals surface area contributed by atoms with Gasteiger partial charge < -0.3 is 29.9 Å². The number of hydrogen-bond acceptors (Lipinski definition) is 8. The summed E-state index contributed by atoms with van der Waals surface area (Å²) in [5, 5.41) is 18.1. The Morgan fingerprint density at radius 3 is 2.08 bits per heavy atom. The van der Waals surface area contributed by atoms with Crippen LogP contribution in [0.25, 0.3) is 0 Å². The van der Waals surface area contributed by atoms with Crippen LogP contribution in [0.3, 0.4) is 0 Å². The third kappa shape index (κ3) is 15.4. The van der Waals surface area contributed by atoms with Crippen LogP contribution in [0.4, 0.5) is 32.0 Å². The lowest BCUT2D eigenvalue weighted by atomic mass is 10.1. The molecule has 0 spiro atoms. The Balaban J connectivity index is 0.000000479. The van der Waals surface area contributed by atoms with Crippen molar-refractivity contribution in [3.05, 3.63) is 53.3 Å². The minimum absolute atomic E-state index is 0.0520.